The van der Waals surface area contributed by atoms with E-state index in [1.807, 2.05) is 18.2 Å². The molecule has 1 atom stereocenters. The molecule has 0 fully saturated rings. The molecule has 1 unspecified atom stereocenters. The lowest BCUT2D eigenvalue weighted by Gasteiger charge is -2.11. The summed E-state index contributed by atoms with van der Waals surface area (Å²) in [4.78, 5) is 4.65. The number of rotatable bonds is 3. The first-order valence-corrected chi connectivity index (χ1v) is 8.10. The van der Waals surface area contributed by atoms with Crippen molar-refractivity contribution in [3.05, 3.63) is 63.1 Å². The van der Waals surface area contributed by atoms with Crippen LogP contribution < -0.4 is 5.73 Å². The lowest BCUT2D eigenvalue weighted by atomic mass is 10.0. The molecule has 0 aliphatic rings. The highest BCUT2D eigenvalue weighted by Gasteiger charge is 2.11. The van der Waals surface area contributed by atoms with Gasteiger partial charge in [0.2, 0.25) is 0 Å². The first-order valence-electron chi connectivity index (χ1n) is 6.49. The second kappa shape index (κ2) is 5.64. The predicted octanol–water partition coefficient (Wildman–Crippen LogP) is 4.61. The summed E-state index contributed by atoms with van der Waals surface area (Å²) in [5.74, 6) is 0. The molecule has 1 heterocycles. The molecule has 0 aliphatic heterocycles. The van der Waals surface area contributed by atoms with Crippen LogP contribution in [0.2, 0.25) is 0 Å². The minimum absolute atomic E-state index is 0.0117. The van der Waals surface area contributed by atoms with E-state index in [-0.39, 0.29) is 6.04 Å². The maximum atomic E-state index is 6.32. The van der Waals surface area contributed by atoms with Gasteiger partial charge in [0.1, 0.15) is 0 Å². The summed E-state index contributed by atoms with van der Waals surface area (Å²) in [6.07, 6.45) is 0.778. The van der Waals surface area contributed by atoms with Crippen LogP contribution in [0.1, 0.15) is 22.2 Å². The maximum Gasteiger partial charge on any atom is 0.0957 e. The quantitative estimate of drug-likeness (QED) is 0.751. The topological polar surface area (TPSA) is 38.9 Å². The summed E-state index contributed by atoms with van der Waals surface area (Å²) < 4.78 is 2.34. The minimum atomic E-state index is -0.0117. The molecule has 2 N–H and O–H groups in total. The smallest absolute Gasteiger partial charge is 0.0957 e. The number of aryl methyl sites for hydroxylation is 1. The van der Waals surface area contributed by atoms with Gasteiger partial charge in [0.05, 0.1) is 15.2 Å². The molecule has 0 bridgehead atoms. The van der Waals surface area contributed by atoms with Crippen molar-refractivity contribution < 1.29 is 0 Å². The molecule has 3 aromatic rings. The van der Waals surface area contributed by atoms with Crippen molar-refractivity contribution in [2.45, 2.75) is 19.4 Å². The van der Waals surface area contributed by atoms with Crippen molar-refractivity contribution in [3.8, 4) is 0 Å². The second-order valence-electron chi connectivity index (χ2n) is 4.89. The van der Waals surface area contributed by atoms with Gasteiger partial charge in [-0.15, -0.1) is 11.3 Å². The average molecular weight is 347 g/mol. The van der Waals surface area contributed by atoms with Gasteiger partial charge in [-0.1, -0.05) is 40.2 Å². The Morgan fingerprint density at radius 2 is 2.05 bits per heavy atom. The summed E-state index contributed by atoms with van der Waals surface area (Å²) in [5.41, 5.74) is 9.75. The third-order valence-electron chi connectivity index (χ3n) is 3.34. The number of nitrogens with zero attached hydrogens (tertiary/aromatic N) is 1. The molecule has 0 saturated carbocycles. The number of aromatic nitrogens is 1. The van der Waals surface area contributed by atoms with E-state index in [2.05, 4.69) is 52.1 Å². The summed E-state index contributed by atoms with van der Waals surface area (Å²) in [6.45, 7) is 2.08. The van der Waals surface area contributed by atoms with E-state index in [9.17, 15) is 0 Å². The summed E-state index contributed by atoms with van der Waals surface area (Å²) in [5, 5.41) is 1.10. The Labute approximate surface area is 130 Å². The Morgan fingerprint density at radius 1 is 1.25 bits per heavy atom. The Hall–Kier alpha value is -1.23. The zero-order valence-electron chi connectivity index (χ0n) is 11.1. The number of benzene rings is 2. The number of fused-ring (bicyclic) bond motifs is 1. The van der Waals surface area contributed by atoms with Gasteiger partial charge in [0.25, 0.3) is 0 Å². The molecule has 0 aliphatic carbocycles. The van der Waals surface area contributed by atoms with E-state index in [0.717, 1.165) is 27.0 Å². The molecule has 0 spiro atoms. The SMILES string of the molecule is Cc1cc(C(N)Cc2nc3ccccc3s2)ccc1Br. The minimum Gasteiger partial charge on any atom is -0.324 e. The van der Waals surface area contributed by atoms with E-state index < -0.39 is 0 Å². The van der Waals surface area contributed by atoms with Crippen molar-refractivity contribution in [1.29, 1.82) is 0 Å². The van der Waals surface area contributed by atoms with Crippen molar-refractivity contribution in [2.24, 2.45) is 5.73 Å². The van der Waals surface area contributed by atoms with Gasteiger partial charge in [-0.25, -0.2) is 4.98 Å². The Kier molecular flexibility index (Phi) is 3.87. The standard InChI is InChI=1S/C16H15BrN2S/c1-10-8-11(6-7-12(10)17)13(18)9-16-19-14-4-2-3-5-15(14)20-16/h2-8,13H,9,18H2,1H3. The van der Waals surface area contributed by atoms with Gasteiger partial charge in [-0.2, -0.15) is 0 Å². The molecule has 20 heavy (non-hydrogen) atoms. The van der Waals surface area contributed by atoms with Crippen LogP contribution in [0.15, 0.2) is 46.9 Å². The first kappa shape index (κ1) is 13.7. The molecule has 0 saturated heterocycles. The normalized spacial score (nSPS) is 12.8. The lowest BCUT2D eigenvalue weighted by Crippen LogP contribution is -2.13. The van der Waals surface area contributed by atoms with Crippen LogP contribution in [0, 0.1) is 6.92 Å². The van der Waals surface area contributed by atoms with E-state index >= 15 is 0 Å². The molecule has 4 heteroatoms. The molecule has 102 valence electrons. The molecule has 0 radical (unpaired) electrons. The van der Waals surface area contributed by atoms with Crippen molar-refractivity contribution in [1.82, 2.24) is 4.98 Å². The van der Waals surface area contributed by atoms with Crippen LogP contribution in [0.3, 0.4) is 0 Å². The zero-order valence-corrected chi connectivity index (χ0v) is 13.5. The fraction of sp³-hybridized carbons (Fsp3) is 0.188. The fourth-order valence-corrected chi connectivity index (χ4v) is 3.48. The molecule has 2 nitrogen and oxygen atoms in total. The number of nitrogens with two attached hydrogens (primary N) is 1. The molecule has 0 amide bonds. The van der Waals surface area contributed by atoms with Crippen LogP contribution >= 0.6 is 27.3 Å². The Morgan fingerprint density at radius 3 is 2.80 bits per heavy atom. The van der Waals surface area contributed by atoms with Gasteiger partial charge in [-0.05, 0) is 36.2 Å². The van der Waals surface area contributed by atoms with Crippen molar-refractivity contribution in [2.75, 3.05) is 0 Å². The van der Waals surface area contributed by atoms with Crippen LogP contribution in [0.4, 0.5) is 0 Å². The number of hydrogen-bond donors (Lipinski definition) is 1. The number of thiazole rings is 1. The third kappa shape index (κ3) is 2.77. The van der Waals surface area contributed by atoms with Gasteiger partial charge >= 0.3 is 0 Å². The molecular weight excluding hydrogens is 332 g/mol. The predicted molar refractivity (Wildman–Crippen MR) is 89.1 cm³/mol. The lowest BCUT2D eigenvalue weighted by molar-refractivity contribution is 0.718. The zero-order chi connectivity index (χ0) is 14.1. The van der Waals surface area contributed by atoms with Gasteiger partial charge < -0.3 is 5.73 Å². The number of para-hydroxylation sites is 1. The third-order valence-corrected chi connectivity index (χ3v) is 5.29. The first-order chi connectivity index (χ1) is 9.63. The summed E-state index contributed by atoms with van der Waals surface area (Å²) in [6, 6.07) is 14.5. The number of hydrogen-bond acceptors (Lipinski definition) is 3. The highest BCUT2D eigenvalue weighted by atomic mass is 79.9. The van der Waals surface area contributed by atoms with Gasteiger partial charge in [0, 0.05) is 16.9 Å². The van der Waals surface area contributed by atoms with Gasteiger partial charge in [-0.3, -0.25) is 0 Å². The second-order valence-corrected chi connectivity index (χ2v) is 6.86. The van der Waals surface area contributed by atoms with Gasteiger partial charge in [0.15, 0.2) is 0 Å². The highest BCUT2D eigenvalue weighted by Crippen LogP contribution is 2.26. The van der Waals surface area contributed by atoms with Crippen LogP contribution in [-0.4, -0.2) is 4.98 Å². The Balaban J connectivity index is 1.84. The molecule has 1 aromatic heterocycles. The fourth-order valence-electron chi connectivity index (χ4n) is 2.21. The maximum absolute atomic E-state index is 6.32. The highest BCUT2D eigenvalue weighted by molar-refractivity contribution is 9.10. The Bertz CT molecular complexity index is 718. The average Bonchev–Trinajstić information content (AvgIpc) is 2.83. The van der Waals surface area contributed by atoms with Crippen LogP contribution in [-0.2, 0) is 6.42 Å². The molecule has 3 rings (SSSR count). The van der Waals surface area contributed by atoms with Crippen molar-refractivity contribution >= 4 is 37.5 Å². The van der Waals surface area contributed by atoms with E-state index in [0.29, 0.717) is 0 Å². The summed E-state index contributed by atoms with van der Waals surface area (Å²) in [7, 11) is 0. The van der Waals surface area contributed by atoms with E-state index in [1.165, 1.54) is 10.3 Å². The monoisotopic (exact) mass is 346 g/mol. The number of halogens is 1. The van der Waals surface area contributed by atoms with E-state index in [4.69, 9.17) is 5.73 Å². The van der Waals surface area contributed by atoms with Crippen LogP contribution in [0.5, 0.6) is 0 Å². The van der Waals surface area contributed by atoms with Crippen molar-refractivity contribution in [3.63, 3.8) is 0 Å². The molecule has 2 aromatic carbocycles. The van der Waals surface area contributed by atoms with E-state index in [1.54, 1.807) is 11.3 Å². The molecular formula is C16H15BrN2S. The van der Waals surface area contributed by atoms with Crippen LogP contribution in [0.25, 0.3) is 10.2 Å². The largest absolute Gasteiger partial charge is 0.324 e. The summed E-state index contributed by atoms with van der Waals surface area (Å²) >= 11 is 5.24.